The first kappa shape index (κ1) is 13.9. The molecule has 0 heterocycles. The van der Waals surface area contributed by atoms with Gasteiger partial charge in [-0.2, -0.15) is 0 Å². The maximum Gasteiger partial charge on any atom is 0.125 e. The topological polar surface area (TPSA) is 21.3 Å². The molecule has 3 aliphatic carbocycles. The summed E-state index contributed by atoms with van der Waals surface area (Å²) in [5.41, 5.74) is 1.13. The Bertz CT molecular complexity index is 514. The van der Waals surface area contributed by atoms with Crippen molar-refractivity contribution in [1.82, 2.24) is 5.32 Å². The number of hydrogen-bond donors (Lipinski definition) is 1. The van der Waals surface area contributed by atoms with Crippen molar-refractivity contribution in [3.8, 4) is 5.75 Å². The molecule has 1 N–H and O–H groups in total. The molecule has 3 unspecified atom stereocenters. The van der Waals surface area contributed by atoms with Crippen LogP contribution in [0, 0.1) is 17.8 Å². The molecular formula is C18H24ClNO. The van der Waals surface area contributed by atoms with Crippen LogP contribution in [0.5, 0.6) is 5.75 Å². The first-order chi connectivity index (χ1) is 10.3. The van der Waals surface area contributed by atoms with E-state index in [-0.39, 0.29) is 0 Å². The van der Waals surface area contributed by atoms with Crippen LogP contribution in [0.15, 0.2) is 18.2 Å². The van der Waals surface area contributed by atoms with Gasteiger partial charge in [-0.15, -0.1) is 0 Å². The molecule has 1 aromatic rings. The fourth-order valence-electron chi connectivity index (χ4n) is 4.16. The number of rotatable bonds is 6. The second kappa shape index (κ2) is 5.81. The molecule has 1 aromatic carbocycles. The summed E-state index contributed by atoms with van der Waals surface area (Å²) in [5, 5.41) is 4.37. The number of ether oxygens (including phenoxy) is 1. The third kappa shape index (κ3) is 3.07. The van der Waals surface area contributed by atoms with Crippen LogP contribution in [0.1, 0.15) is 44.1 Å². The summed E-state index contributed by atoms with van der Waals surface area (Å²) < 4.78 is 6.18. The monoisotopic (exact) mass is 305 g/mol. The lowest BCUT2D eigenvalue weighted by atomic mass is 9.89. The van der Waals surface area contributed by atoms with Crippen molar-refractivity contribution in [3.63, 3.8) is 0 Å². The Balaban J connectivity index is 1.40. The quantitative estimate of drug-likeness (QED) is 0.840. The van der Waals surface area contributed by atoms with Gasteiger partial charge in [0.05, 0.1) is 6.61 Å². The molecule has 0 saturated heterocycles. The molecular weight excluding hydrogens is 282 g/mol. The first-order valence-corrected chi connectivity index (χ1v) is 8.81. The molecule has 0 aromatic heterocycles. The highest BCUT2D eigenvalue weighted by atomic mass is 35.5. The summed E-state index contributed by atoms with van der Waals surface area (Å²) >= 11 is 6.37. The molecule has 0 aliphatic heterocycles. The minimum Gasteiger partial charge on any atom is -0.493 e. The first-order valence-electron chi connectivity index (χ1n) is 8.43. The van der Waals surface area contributed by atoms with Gasteiger partial charge in [-0.1, -0.05) is 24.1 Å². The lowest BCUT2D eigenvalue weighted by Crippen LogP contribution is -2.20. The van der Waals surface area contributed by atoms with E-state index in [0.717, 1.165) is 47.2 Å². The molecule has 0 radical (unpaired) electrons. The van der Waals surface area contributed by atoms with E-state index < -0.39 is 0 Å². The van der Waals surface area contributed by atoms with E-state index in [1.54, 1.807) is 0 Å². The van der Waals surface area contributed by atoms with Crippen LogP contribution in [0.2, 0.25) is 5.02 Å². The van der Waals surface area contributed by atoms with Crippen LogP contribution >= 0.6 is 11.6 Å². The van der Waals surface area contributed by atoms with Crippen molar-refractivity contribution in [1.29, 1.82) is 0 Å². The second-order valence-corrected chi connectivity index (χ2v) is 7.52. The predicted molar refractivity (Wildman–Crippen MR) is 85.7 cm³/mol. The normalized spacial score (nSPS) is 30.8. The molecule has 21 heavy (non-hydrogen) atoms. The van der Waals surface area contributed by atoms with Gasteiger partial charge in [0.1, 0.15) is 5.75 Å². The Labute approximate surface area is 132 Å². The lowest BCUT2D eigenvalue weighted by molar-refractivity contribution is 0.194. The Morgan fingerprint density at radius 2 is 2.05 bits per heavy atom. The largest absolute Gasteiger partial charge is 0.493 e. The predicted octanol–water partition coefficient (Wildman–Crippen LogP) is 4.41. The summed E-state index contributed by atoms with van der Waals surface area (Å²) in [6, 6.07) is 6.73. The Hall–Kier alpha value is -0.730. The van der Waals surface area contributed by atoms with E-state index in [0.29, 0.717) is 6.04 Å². The fourth-order valence-corrected chi connectivity index (χ4v) is 4.39. The zero-order valence-electron chi connectivity index (χ0n) is 12.5. The van der Waals surface area contributed by atoms with Gasteiger partial charge in [-0.25, -0.2) is 0 Å². The maximum atomic E-state index is 6.37. The molecule has 3 aliphatic rings. The van der Waals surface area contributed by atoms with Gasteiger partial charge in [-0.05, 0) is 62.0 Å². The minimum atomic E-state index is 0.694. The van der Waals surface area contributed by atoms with Gasteiger partial charge in [0.25, 0.3) is 0 Å². The van der Waals surface area contributed by atoms with Gasteiger partial charge in [-0.3, -0.25) is 0 Å². The summed E-state index contributed by atoms with van der Waals surface area (Å²) in [7, 11) is 0. The van der Waals surface area contributed by atoms with E-state index in [9.17, 15) is 0 Å². The van der Waals surface area contributed by atoms with Crippen LogP contribution in [-0.4, -0.2) is 12.6 Å². The number of fused-ring (bicyclic) bond motifs is 2. The van der Waals surface area contributed by atoms with E-state index in [1.165, 1.54) is 38.5 Å². The van der Waals surface area contributed by atoms with Crippen LogP contribution in [0.3, 0.4) is 0 Å². The van der Waals surface area contributed by atoms with Gasteiger partial charge in [0.15, 0.2) is 0 Å². The van der Waals surface area contributed by atoms with Crippen LogP contribution in [0.4, 0.5) is 0 Å². The molecule has 4 rings (SSSR count). The molecule has 2 nitrogen and oxygen atoms in total. The number of hydrogen-bond acceptors (Lipinski definition) is 2. The molecule has 2 bridgehead atoms. The SMILES string of the molecule is Clc1cccc(OCC2CC3CCC2C3)c1CNC1CC1. The second-order valence-electron chi connectivity index (χ2n) is 7.12. The van der Waals surface area contributed by atoms with E-state index in [2.05, 4.69) is 11.4 Å². The molecule has 3 atom stereocenters. The number of nitrogens with one attached hydrogen (secondary N) is 1. The van der Waals surface area contributed by atoms with Gasteiger partial charge < -0.3 is 10.1 Å². The molecule has 3 saturated carbocycles. The molecule has 114 valence electrons. The standard InChI is InChI=1S/C18H24ClNO/c19-17-2-1-3-18(16(17)10-20-15-6-7-15)21-11-14-9-12-4-5-13(14)8-12/h1-3,12-15,20H,4-11H2. The molecule has 3 heteroatoms. The lowest BCUT2D eigenvalue weighted by Gasteiger charge is -2.23. The van der Waals surface area contributed by atoms with E-state index >= 15 is 0 Å². The Kier molecular flexibility index (Phi) is 3.85. The third-order valence-electron chi connectivity index (χ3n) is 5.56. The average molecular weight is 306 g/mol. The van der Waals surface area contributed by atoms with E-state index in [1.807, 2.05) is 12.1 Å². The van der Waals surface area contributed by atoms with Crippen LogP contribution < -0.4 is 10.1 Å². The van der Waals surface area contributed by atoms with Crippen molar-refractivity contribution in [2.24, 2.45) is 17.8 Å². The smallest absolute Gasteiger partial charge is 0.125 e. The van der Waals surface area contributed by atoms with Crippen molar-refractivity contribution >= 4 is 11.6 Å². The van der Waals surface area contributed by atoms with E-state index in [4.69, 9.17) is 16.3 Å². The summed E-state index contributed by atoms with van der Waals surface area (Å²) in [4.78, 5) is 0. The zero-order valence-corrected chi connectivity index (χ0v) is 13.2. The Morgan fingerprint density at radius 3 is 2.76 bits per heavy atom. The van der Waals surface area contributed by atoms with Crippen LogP contribution in [-0.2, 0) is 6.54 Å². The zero-order chi connectivity index (χ0) is 14.2. The average Bonchev–Trinajstić information content (AvgIpc) is 3.08. The van der Waals surface area contributed by atoms with Crippen molar-refractivity contribution < 1.29 is 4.74 Å². The van der Waals surface area contributed by atoms with Crippen molar-refractivity contribution in [2.45, 2.75) is 51.1 Å². The minimum absolute atomic E-state index is 0.694. The molecule has 0 spiro atoms. The molecule has 0 amide bonds. The number of benzene rings is 1. The van der Waals surface area contributed by atoms with Gasteiger partial charge >= 0.3 is 0 Å². The number of halogens is 1. The summed E-state index contributed by atoms with van der Waals surface area (Å²) in [6.07, 6.45) is 8.29. The molecule has 3 fully saturated rings. The summed E-state index contributed by atoms with van der Waals surface area (Å²) in [5.74, 6) is 3.66. The maximum absolute atomic E-state index is 6.37. The summed E-state index contributed by atoms with van der Waals surface area (Å²) in [6.45, 7) is 1.70. The highest BCUT2D eigenvalue weighted by Crippen LogP contribution is 2.48. The van der Waals surface area contributed by atoms with Gasteiger partial charge in [0, 0.05) is 23.2 Å². The Morgan fingerprint density at radius 1 is 1.14 bits per heavy atom. The third-order valence-corrected chi connectivity index (χ3v) is 5.91. The van der Waals surface area contributed by atoms with Gasteiger partial charge in [0.2, 0.25) is 0 Å². The highest BCUT2D eigenvalue weighted by Gasteiger charge is 2.39. The van der Waals surface area contributed by atoms with Crippen LogP contribution in [0.25, 0.3) is 0 Å². The van der Waals surface area contributed by atoms with Crippen molar-refractivity contribution in [3.05, 3.63) is 28.8 Å². The highest BCUT2D eigenvalue weighted by molar-refractivity contribution is 6.31. The van der Waals surface area contributed by atoms with Crippen molar-refractivity contribution in [2.75, 3.05) is 6.61 Å². The fraction of sp³-hybridized carbons (Fsp3) is 0.667.